The first-order chi connectivity index (χ1) is 7.42. The smallest absolute Gasteiger partial charge is 0.203 e. The minimum Gasteiger partial charge on any atom is -0.379 e. The summed E-state index contributed by atoms with van der Waals surface area (Å²) in [6.45, 7) is 4.89. The van der Waals surface area contributed by atoms with Crippen molar-refractivity contribution in [2.45, 2.75) is 32.2 Å². The molecule has 15 heavy (non-hydrogen) atoms. The van der Waals surface area contributed by atoms with E-state index < -0.39 is 0 Å². The Kier molecular flexibility index (Phi) is 3.61. The van der Waals surface area contributed by atoms with Crippen molar-refractivity contribution >= 4 is 5.95 Å². The first-order valence-corrected chi connectivity index (χ1v) is 5.76. The molecule has 1 unspecified atom stereocenters. The predicted octanol–water partition coefficient (Wildman–Crippen LogP) is 2.06. The monoisotopic (exact) mass is 209 g/mol. The van der Waals surface area contributed by atoms with Gasteiger partial charge < -0.3 is 14.6 Å². The molecular weight excluding hydrogens is 190 g/mol. The first-order valence-electron chi connectivity index (χ1n) is 5.76. The quantitative estimate of drug-likeness (QED) is 0.754. The van der Waals surface area contributed by atoms with Gasteiger partial charge in [-0.1, -0.05) is 13.3 Å². The summed E-state index contributed by atoms with van der Waals surface area (Å²) in [6, 6.07) is 0.469. The molecule has 4 heteroatoms. The molecule has 1 aliphatic rings. The van der Waals surface area contributed by atoms with E-state index in [9.17, 15) is 0 Å². The highest BCUT2D eigenvalue weighted by Gasteiger charge is 2.19. The fraction of sp³-hybridized carbons (Fsp3) is 0.727. The van der Waals surface area contributed by atoms with Crippen LogP contribution in [0, 0.1) is 0 Å². The van der Waals surface area contributed by atoms with Crippen LogP contribution in [-0.2, 0) is 4.74 Å². The summed E-state index contributed by atoms with van der Waals surface area (Å²) in [5.41, 5.74) is 0. The standard InChI is InChI=1S/C11H19N3O/c1-2-3-5-12-11-13-6-7-14(11)10-4-8-15-9-10/h6-7,10H,2-5,8-9H2,1H3,(H,12,13). The number of imidazole rings is 1. The zero-order valence-corrected chi connectivity index (χ0v) is 9.28. The number of nitrogens with zero attached hydrogens (tertiary/aromatic N) is 2. The number of nitrogens with one attached hydrogen (secondary N) is 1. The molecule has 0 radical (unpaired) electrons. The van der Waals surface area contributed by atoms with Gasteiger partial charge >= 0.3 is 0 Å². The van der Waals surface area contributed by atoms with E-state index in [1.54, 1.807) is 0 Å². The van der Waals surface area contributed by atoms with Gasteiger partial charge in [0.2, 0.25) is 5.95 Å². The second kappa shape index (κ2) is 5.16. The maximum Gasteiger partial charge on any atom is 0.203 e. The van der Waals surface area contributed by atoms with E-state index in [2.05, 4.69) is 21.8 Å². The highest BCUT2D eigenvalue weighted by atomic mass is 16.5. The van der Waals surface area contributed by atoms with Gasteiger partial charge in [-0.3, -0.25) is 0 Å². The molecule has 0 spiro atoms. The van der Waals surface area contributed by atoms with Crippen LogP contribution in [0.1, 0.15) is 32.2 Å². The normalized spacial score (nSPS) is 20.7. The van der Waals surface area contributed by atoms with Crippen LogP contribution >= 0.6 is 0 Å². The Morgan fingerprint density at radius 2 is 2.60 bits per heavy atom. The molecular formula is C11H19N3O. The zero-order valence-electron chi connectivity index (χ0n) is 9.28. The molecule has 1 atom stereocenters. The van der Waals surface area contributed by atoms with Crippen molar-refractivity contribution < 1.29 is 4.74 Å². The van der Waals surface area contributed by atoms with Crippen LogP contribution in [0.25, 0.3) is 0 Å². The van der Waals surface area contributed by atoms with Gasteiger partial charge in [0, 0.05) is 25.5 Å². The second-order valence-electron chi connectivity index (χ2n) is 3.96. The summed E-state index contributed by atoms with van der Waals surface area (Å²) in [5.74, 6) is 0.985. The average Bonchev–Trinajstić information content (AvgIpc) is 2.87. The maximum absolute atomic E-state index is 5.39. The number of ether oxygens (including phenoxy) is 1. The summed E-state index contributed by atoms with van der Waals surface area (Å²) in [6.07, 6.45) is 7.38. The van der Waals surface area contributed by atoms with Gasteiger partial charge in [0.1, 0.15) is 0 Å². The number of aromatic nitrogens is 2. The van der Waals surface area contributed by atoms with Crippen molar-refractivity contribution in [1.29, 1.82) is 0 Å². The highest BCUT2D eigenvalue weighted by molar-refractivity contribution is 5.26. The van der Waals surface area contributed by atoms with Crippen LogP contribution in [0.2, 0.25) is 0 Å². The molecule has 1 aromatic heterocycles. The third-order valence-electron chi connectivity index (χ3n) is 2.78. The summed E-state index contributed by atoms with van der Waals surface area (Å²) in [5, 5.41) is 3.37. The van der Waals surface area contributed by atoms with E-state index in [-0.39, 0.29) is 0 Å². The van der Waals surface area contributed by atoms with Crippen LogP contribution in [0.4, 0.5) is 5.95 Å². The van der Waals surface area contributed by atoms with E-state index in [1.807, 2.05) is 12.4 Å². The SMILES string of the molecule is CCCCNc1nccn1C1CCOC1. The minimum atomic E-state index is 0.469. The fourth-order valence-corrected chi connectivity index (χ4v) is 1.86. The lowest BCUT2D eigenvalue weighted by Crippen LogP contribution is -2.13. The molecule has 2 rings (SSSR count). The van der Waals surface area contributed by atoms with Gasteiger partial charge in [0.05, 0.1) is 12.6 Å². The molecule has 1 saturated heterocycles. The lowest BCUT2D eigenvalue weighted by molar-refractivity contribution is 0.187. The Balaban J connectivity index is 1.95. The van der Waals surface area contributed by atoms with Crippen LogP contribution in [0.3, 0.4) is 0 Å². The first kappa shape index (κ1) is 10.5. The summed E-state index contributed by atoms with van der Waals surface area (Å²) >= 11 is 0. The number of anilines is 1. The van der Waals surface area contributed by atoms with Crippen LogP contribution in [0.5, 0.6) is 0 Å². The lowest BCUT2D eigenvalue weighted by Gasteiger charge is -2.14. The lowest BCUT2D eigenvalue weighted by atomic mass is 10.2. The largest absolute Gasteiger partial charge is 0.379 e. The molecule has 0 amide bonds. The van der Waals surface area contributed by atoms with Crippen molar-refractivity contribution in [3.8, 4) is 0 Å². The van der Waals surface area contributed by atoms with E-state index in [4.69, 9.17) is 4.74 Å². The Hall–Kier alpha value is -1.03. The number of rotatable bonds is 5. The molecule has 0 saturated carbocycles. The summed E-state index contributed by atoms with van der Waals surface area (Å²) in [7, 11) is 0. The van der Waals surface area contributed by atoms with Crippen molar-refractivity contribution in [1.82, 2.24) is 9.55 Å². The van der Waals surface area contributed by atoms with Crippen LogP contribution in [-0.4, -0.2) is 29.3 Å². The average molecular weight is 209 g/mol. The molecule has 0 aliphatic carbocycles. The van der Waals surface area contributed by atoms with Crippen molar-refractivity contribution in [3.63, 3.8) is 0 Å². The zero-order chi connectivity index (χ0) is 10.5. The van der Waals surface area contributed by atoms with Gasteiger partial charge in [-0.2, -0.15) is 0 Å². The fourth-order valence-electron chi connectivity index (χ4n) is 1.86. The van der Waals surface area contributed by atoms with E-state index in [1.165, 1.54) is 12.8 Å². The third kappa shape index (κ3) is 2.50. The number of hydrogen-bond acceptors (Lipinski definition) is 3. The molecule has 1 aromatic rings. The topological polar surface area (TPSA) is 39.1 Å². The molecule has 1 aliphatic heterocycles. The predicted molar refractivity (Wildman–Crippen MR) is 60.1 cm³/mol. The molecule has 4 nitrogen and oxygen atoms in total. The summed E-state index contributed by atoms with van der Waals surface area (Å²) < 4.78 is 7.58. The maximum atomic E-state index is 5.39. The molecule has 1 N–H and O–H groups in total. The highest BCUT2D eigenvalue weighted by Crippen LogP contribution is 2.22. The van der Waals surface area contributed by atoms with Crippen molar-refractivity contribution in [2.24, 2.45) is 0 Å². The molecule has 1 fully saturated rings. The Bertz CT molecular complexity index is 292. The van der Waals surface area contributed by atoms with Gasteiger partial charge in [0.25, 0.3) is 0 Å². The Morgan fingerprint density at radius 3 is 3.33 bits per heavy atom. The van der Waals surface area contributed by atoms with Crippen molar-refractivity contribution in [2.75, 3.05) is 25.1 Å². The van der Waals surface area contributed by atoms with E-state index in [0.717, 1.165) is 32.1 Å². The van der Waals surface area contributed by atoms with Gasteiger partial charge in [-0.15, -0.1) is 0 Å². The van der Waals surface area contributed by atoms with Crippen LogP contribution in [0.15, 0.2) is 12.4 Å². The minimum absolute atomic E-state index is 0.469. The van der Waals surface area contributed by atoms with Crippen LogP contribution < -0.4 is 5.32 Å². The number of unbranched alkanes of at least 4 members (excludes halogenated alkanes) is 1. The second-order valence-corrected chi connectivity index (χ2v) is 3.96. The third-order valence-corrected chi connectivity index (χ3v) is 2.78. The molecule has 0 bridgehead atoms. The van der Waals surface area contributed by atoms with Crippen molar-refractivity contribution in [3.05, 3.63) is 12.4 Å². The molecule has 84 valence electrons. The Labute approximate surface area is 90.6 Å². The van der Waals surface area contributed by atoms with Gasteiger partial charge in [-0.05, 0) is 12.8 Å². The van der Waals surface area contributed by atoms with Gasteiger partial charge in [0.15, 0.2) is 0 Å². The van der Waals surface area contributed by atoms with E-state index in [0.29, 0.717) is 6.04 Å². The molecule has 2 heterocycles. The Morgan fingerprint density at radius 1 is 1.67 bits per heavy atom. The molecule has 0 aromatic carbocycles. The summed E-state index contributed by atoms with van der Waals surface area (Å²) in [4.78, 5) is 4.33. The number of hydrogen-bond donors (Lipinski definition) is 1. The van der Waals surface area contributed by atoms with Gasteiger partial charge in [-0.25, -0.2) is 4.98 Å². The van der Waals surface area contributed by atoms with E-state index >= 15 is 0 Å².